The second-order valence-corrected chi connectivity index (χ2v) is 7.58. The molecule has 1 aliphatic carbocycles. The highest BCUT2D eigenvalue weighted by Crippen LogP contribution is 2.34. The molecule has 1 heterocycles. The first-order valence-corrected chi connectivity index (χ1v) is 9.37. The zero-order chi connectivity index (χ0) is 16.8. The standard InChI is InChI=1S/C20H30N2O2/c23-16-20(21-19(24)8-4-7-17-9-10-17)11-13-22(14-12-20)15-18-5-2-1-3-6-18/h1-3,5-6,17,23H,4,7-16H2,(H,21,24). The molecule has 0 unspecified atom stereocenters. The van der Waals surface area contributed by atoms with Crippen molar-refractivity contribution in [2.75, 3.05) is 19.7 Å². The number of aliphatic hydroxyl groups is 1. The molecule has 1 aliphatic heterocycles. The molecular formula is C20H30N2O2. The first-order valence-electron chi connectivity index (χ1n) is 9.37. The number of benzene rings is 1. The summed E-state index contributed by atoms with van der Waals surface area (Å²) in [6, 6.07) is 10.5. The minimum atomic E-state index is -0.413. The van der Waals surface area contributed by atoms with Crippen LogP contribution in [0.1, 0.15) is 50.5 Å². The first-order chi connectivity index (χ1) is 11.7. The number of carbonyl (C=O) groups is 1. The molecular weight excluding hydrogens is 300 g/mol. The third-order valence-corrected chi connectivity index (χ3v) is 5.48. The van der Waals surface area contributed by atoms with Gasteiger partial charge in [-0.05, 0) is 37.2 Å². The number of hydrogen-bond donors (Lipinski definition) is 2. The van der Waals surface area contributed by atoms with Crippen molar-refractivity contribution in [1.82, 2.24) is 10.2 Å². The van der Waals surface area contributed by atoms with E-state index in [-0.39, 0.29) is 12.5 Å². The molecule has 1 aromatic rings. The van der Waals surface area contributed by atoms with Crippen LogP contribution in [0.25, 0.3) is 0 Å². The van der Waals surface area contributed by atoms with E-state index in [1.165, 1.54) is 24.8 Å². The molecule has 1 saturated carbocycles. The molecule has 1 saturated heterocycles. The molecule has 0 atom stereocenters. The maximum Gasteiger partial charge on any atom is 0.220 e. The molecule has 2 N–H and O–H groups in total. The Balaban J connectivity index is 1.43. The quantitative estimate of drug-likeness (QED) is 0.770. The highest BCUT2D eigenvalue weighted by atomic mass is 16.3. The van der Waals surface area contributed by atoms with Gasteiger partial charge in [0.1, 0.15) is 0 Å². The highest BCUT2D eigenvalue weighted by Gasteiger charge is 2.35. The van der Waals surface area contributed by atoms with E-state index in [1.807, 2.05) is 6.07 Å². The maximum atomic E-state index is 12.2. The van der Waals surface area contributed by atoms with Gasteiger partial charge in [-0.25, -0.2) is 0 Å². The predicted octanol–water partition coefficient (Wildman–Crippen LogP) is 2.71. The summed E-state index contributed by atoms with van der Waals surface area (Å²) in [5.74, 6) is 0.993. The Hall–Kier alpha value is -1.39. The van der Waals surface area contributed by atoms with Gasteiger partial charge in [-0.2, -0.15) is 0 Å². The van der Waals surface area contributed by atoms with Gasteiger partial charge in [0, 0.05) is 26.1 Å². The van der Waals surface area contributed by atoms with Crippen LogP contribution in [0.4, 0.5) is 0 Å². The SMILES string of the molecule is O=C(CCCC1CC1)NC1(CO)CCN(Cc2ccccc2)CC1. The molecule has 0 radical (unpaired) electrons. The lowest BCUT2D eigenvalue weighted by molar-refractivity contribution is -0.124. The van der Waals surface area contributed by atoms with Crippen LogP contribution in [0, 0.1) is 5.92 Å². The molecule has 4 nitrogen and oxygen atoms in total. The Morgan fingerprint density at radius 2 is 1.92 bits per heavy atom. The van der Waals surface area contributed by atoms with E-state index in [1.54, 1.807) is 0 Å². The Labute approximate surface area is 145 Å². The number of hydrogen-bond acceptors (Lipinski definition) is 3. The number of carbonyl (C=O) groups excluding carboxylic acids is 1. The first kappa shape index (κ1) is 17.4. The van der Waals surface area contributed by atoms with Crippen molar-refractivity contribution in [3.05, 3.63) is 35.9 Å². The lowest BCUT2D eigenvalue weighted by Crippen LogP contribution is -2.57. The summed E-state index contributed by atoms with van der Waals surface area (Å²) in [6.07, 6.45) is 7.11. The third-order valence-electron chi connectivity index (χ3n) is 5.48. The minimum absolute atomic E-state index is 0.0422. The average molecular weight is 330 g/mol. The van der Waals surface area contributed by atoms with Gasteiger partial charge in [-0.3, -0.25) is 9.69 Å². The predicted molar refractivity (Wildman–Crippen MR) is 95.5 cm³/mol. The van der Waals surface area contributed by atoms with E-state index in [0.29, 0.717) is 6.42 Å². The zero-order valence-corrected chi connectivity index (χ0v) is 14.5. The monoisotopic (exact) mass is 330 g/mol. The number of rotatable bonds is 8. The fraction of sp³-hybridized carbons (Fsp3) is 0.650. The number of likely N-dealkylation sites (tertiary alicyclic amines) is 1. The topological polar surface area (TPSA) is 52.6 Å². The van der Waals surface area contributed by atoms with Gasteiger partial charge in [0.2, 0.25) is 5.91 Å². The van der Waals surface area contributed by atoms with Crippen LogP contribution in [0.5, 0.6) is 0 Å². The van der Waals surface area contributed by atoms with E-state index in [0.717, 1.165) is 44.8 Å². The smallest absolute Gasteiger partial charge is 0.220 e. The van der Waals surface area contributed by atoms with Crippen molar-refractivity contribution in [2.24, 2.45) is 5.92 Å². The molecule has 1 amide bonds. The molecule has 2 fully saturated rings. The van der Waals surface area contributed by atoms with Gasteiger partial charge in [0.05, 0.1) is 12.1 Å². The minimum Gasteiger partial charge on any atom is -0.394 e. The third kappa shape index (κ3) is 5.05. The van der Waals surface area contributed by atoms with E-state index in [2.05, 4.69) is 34.5 Å². The summed E-state index contributed by atoms with van der Waals surface area (Å²) in [5, 5.41) is 13.0. The number of nitrogens with one attached hydrogen (secondary N) is 1. The van der Waals surface area contributed by atoms with Gasteiger partial charge in [0.15, 0.2) is 0 Å². The fourth-order valence-electron chi connectivity index (χ4n) is 3.62. The van der Waals surface area contributed by atoms with Crippen molar-refractivity contribution in [3.8, 4) is 0 Å². The lowest BCUT2D eigenvalue weighted by Gasteiger charge is -2.41. The summed E-state index contributed by atoms with van der Waals surface area (Å²) < 4.78 is 0. The highest BCUT2D eigenvalue weighted by molar-refractivity contribution is 5.76. The van der Waals surface area contributed by atoms with Crippen LogP contribution in [-0.4, -0.2) is 41.1 Å². The van der Waals surface area contributed by atoms with Crippen LogP contribution >= 0.6 is 0 Å². The van der Waals surface area contributed by atoms with Crippen LogP contribution in [0.3, 0.4) is 0 Å². The summed E-state index contributed by atoms with van der Waals surface area (Å²) in [7, 11) is 0. The second-order valence-electron chi connectivity index (χ2n) is 7.58. The summed E-state index contributed by atoms with van der Waals surface area (Å²) in [4.78, 5) is 14.6. The van der Waals surface area contributed by atoms with Gasteiger partial charge < -0.3 is 10.4 Å². The molecule has 24 heavy (non-hydrogen) atoms. The molecule has 4 heteroatoms. The van der Waals surface area contributed by atoms with Gasteiger partial charge >= 0.3 is 0 Å². The number of aliphatic hydroxyl groups excluding tert-OH is 1. The van der Waals surface area contributed by atoms with Crippen molar-refractivity contribution < 1.29 is 9.90 Å². The molecule has 0 aromatic heterocycles. The van der Waals surface area contributed by atoms with Crippen molar-refractivity contribution >= 4 is 5.91 Å². The summed E-state index contributed by atoms with van der Waals surface area (Å²) >= 11 is 0. The van der Waals surface area contributed by atoms with Gasteiger partial charge in [-0.15, -0.1) is 0 Å². The largest absolute Gasteiger partial charge is 0.394 e. The lowest BCUT2D eigenvalue weighted by atomic mass is 9.87. The van der Waals surface area contributed by atoms with Crippen molar-refractivity contribution in [3.63, 3.8) is 0 Å². The van der Waals surface area contributed by atoms with Crippen LogP contribution in [0.15, 0.2) is 30.3 Å². The molecule has 3 rings (SSSR count). The van der Waals surface area contributed by atoms with Crippen LogP contribution < -0.4 is 5.32 Å². The van der Waals surface area contributed by atoms with E-state index >= 15 is 0 Å². The molecule has 0 bridgehead atoms. The number of nitrogens with zero attached hydrogens (tertiary/aromatic N) is 1. The molecule has 132 valence electrons. The van der Waals surface area contributed by atoms with E-state index < -0.39 is 5.54 Å². The van der Waals surface area contributed by atoms with E-state index in [9.17, 15) is 9.90 Å². The summed E-state index contributed by atoms with van der Waals surface area (Å²) in [6.45, 7) is 2.81. The molecule has 0 spiro atoms. The van der Waals surface area contributed by atoms with Crippen LogP contribution in [0.2, 0.25) is 0 Å². The second kappa shape index (κ2) is 8.13. The summed E-state index contributed by atoms with van der Waals surface area (Å²) in [5.41, 5.74) is 0.905. The Bertz CT molecular complexity index is 520. The van der Waals surface area contributed by atoms with Gasteiger partial charge in [-0.1, -0.05) is 43.2 Å². The Morgan fingerprint density at radius 3 is 2.54 bits per heavy atom. The van der Waals surface area contributed by atoms with Gasteiger partial charge in [0.25, 0.3) is 0 Å². The molecule has 1 aromatic carbocycles. The van der Waals surface area contributed by atoms with E-state index in [4.69, 9.17) is 0 Å². The van der Waals surface area contributed by atoms with Crippen molar-refractivity contribution in [1.29, 1.82) is 0 Å². The Kier molecular flexibility index (Phi) is 5.90. The normalized spacial score (nSPS) is 20.7. The molecule has 2 aliphatic rings. The average Bonchev–Trinajstić information content (AvgIpc) is 3.42. The zero-order valence-electron chi connectivity index (χ0n) is 14.5. The van der Waals surface area contributed by atoms with Crippen LogP contribution in [-0.2, 0) is 11.3 Å². The van der Waals surface area contributed by atoms with Crippen molar-refractivity contribution in [2.45, 2.75) is 57.0 Å². The Morgan fingerprint density at radius 1 is 1.21 bits per heavy atom. The maximum absolute atomic E-state index is 12.2. The fourth-order valence-corrected chi connectivity index (χ4v) is 3.62. The number of piperidine rings is 1. The number of amides is 1.